The molecule has 1 aromatic heterocycles. The van der Waals surface area contributed by atoms with Crippen molar-refractivity contribution in [3.63, 3.8) is 0 Å². The largest absolute Gasteiger partial charge is 0.345 e. The van der Waals surface area contributed by atoms with Crippen LogP contribution in [-0.4, -0.2) is 15.4 Å². The molecule has 1 amide bonds. The van der Waals surface area contributed by atoms with Gasteiger partial charge in [-0.1, -0.05) is 30.3 Å². The zero-order valence-corrected chi connectivity index (χ0v) is 17.5. The van der Waals surface area contributed by atoms with Crippen molar-refractivity contribution in [1.29, 1.82) is 5.26 Å². The van der Waals surface area contributed by atoms with E-state index in [2.05, 4.69) is 5.32 Å². The molecule has 0 bridgehead atoms. The molecule has 1 atom stereocenters. The molecule has 0 fully saturated rings. The number of aryl methyl sites for hydroxylation is 1. The number of non-ortho nitro benzene ring substituents is 1. The lowest BCUT2D eigenvalue weighted by Crippen LogP contribution is -2.27. The molecular weight excluding hydrogens is 392 g/mol. The SMILES string of the molecule is Cc1cc(/C=C(\C#N)C(=O)N[C@H](C)c2ccccc2)c(C)n1-c1ccc([N+](=O)[O-])cc1. The zero-order valence-electron chi connectivity index (χ0n) is 17.5. The fourth-order valence-corrected chi connectivity index (χ4v) is 3.46. The van der Waals surface area contributed by atoms with Crippen LogP contribution in [-0.2, 0) is 4.79 Å². The minimum absolute atomic E-state index is 0.00623. The van der Waals surface area contributed by atoms with E-state index in [-0.39, 0.29) is 17.3 Å². The number of nitrogens with one attached hydrogen (secondary N) is 1. The minimum atomic E-state index is -0.445. The number of benzene rings is 2. The van der Waals surface area contributed by atoms with Gasteiger partial charge in [-0.25, -0.2) is 0 Å². The van der Waals surface area contributed by atoms with Crippen LogP contribution in [0.15, 0.2) is 66.2 Å². The Balaban J connectivity index is 1.88. The molecule has 0 aliphatic heterocycles. The Morgan fingerprint density at radius 1 is 1.16 bits per heavy atom. The van der Waals surface area contributed by atoms with Crippen molar-refractivity contribution in [1.82, 2.24) is 9.88 Å². The van der Waals surface area contributed by atoms with Gasteiger partial charge in [-0.2, -0.15) is 5.26 Å². The second kappa shape index (κ2) is 9.09. The third-order valence-electron chi connectivity index (χ3n) is 5.10. The van der Waals surface area contributed by atoms with Crippen LogP contribution in [0.25, 0.3) is 11.8 Å². The van der Waals surface area contributed by atoms with E-state index in [0.717, 1.165) is 28.2 Å². The molecular formula is C24H22N4O3. The zero-order chi connectivity index (χ0) is 22.5. The molecule has 156 valence electrons. The van der Waals surface area contributed by atoms with Crippen molar-refractivity contribution < 1.29 is 9.72 Å². The summed E-state index contributed by atoms with van der Waals surface area (Å²) in [6, 6.07) is 19.4. The molecule has 1 N–H and O–H groups in total. The number of amides is 1. The quantitative estimate of drug-likeness (QED) is 0.271. The second-order valence-electron chi connectivity index (χ2n) is 7.21. The molecule has 0 aliphatic rings. The molecule has 7 nitrogen and oxygen atoms in total. The monoisotopic (exact) mass is 414 g/mol. The van der Waals surface area contributed by atoms with Crippen molar-refractivity contribution in [2.75, 3.05) is 0 Å². The molecule has 0 unspecified atom stereocenters. The highest BCUT2D eigenvalue weighted by Gasteiger charge is 2.16. The molecule has 0 aliphatic carbocycles. The highest BCUT2D eigenvalue weighted by molar-refractivity contribution is 6.02. The molecule has 2 aromatic carbocycles. The summed E-state index contributed by atoms with van der Waals surface area (Å²) >= 11 is 0. The van der Waals surface area contributed by atoms with Gasteiger partial charge in [0.1, 0.15) is 11.6 Å². The number of nitro groups is 1. The molecule has 1 heterocycles. The van der Waals surface area contributed by atoms with Gasteiger partial charge in [0.2, 0.25) is 0 Å². The van der Waals surface area contributed by atoms with E-state index in [0.29, 0.717) is 0 Å². The lowest BCUT2D eigenvalue weighted by atomic mass is 10.1. The van der Waals surface area contributed by atoms with Gasteiger partial charge < -0.3 is 9.88 Å². The molecule has 0 saturated carbocycles. The molecule has 0 saturated heterocycles. The molecule has 3 rings (SSSR count). The summed E-state index contributed by atoms with van der Waals surface area (Å²) in [4.78, 5) is 23.1. The van der Waals surface area contributed by atoms with Gasteiger partial charge in [0.25, 0.3) is 11.6 Å². The molecule has 0 spiro atoms. The Bertz CT molecular complexity index is 1190. The van der Waals surface area contributed by atoms with E-state index in [1.807, 2.05) is 67.8 Å². The number of hydrogen-bond donors (Lipinski definition) is 1. The van der Waals surface area contributed by atoms with E-state index < -0.39 is 10.8 Å². The number of rotatable bonds is 6. The van der Waals surface area contributed by atoms with Crippen molar-refractivity contribution in [2.24, 2.45) is 0 Å². The highest BCUT2D eigenvalue weighted by Crippen LogP contribution is 2.24. The number of carbonyl (C=O) groups is 1. The first kappa shape index (κ1) is 21.5. The van der Waals surface area contributed by atoms with Crippen molar-refractivity contribution in [3.8, 4) is 11.8 Å². The lowest BCUT2D eigenvalue weighted by molar-refractivity contribution is -0.384. The van der Waals surface area contributed by atoms with Crippen LogP contribution in [0.1, 0.15) is 35.5 Å². The second-order valence-corrected chi connectivity index (χ2v) is 7.21. The molecule has 0 radical (unpaired) electrons. The Kier molecular flexibility index (Phi) is 6.32. The van der Waals surface area contributed by atoms with Gasteiger partial charge in [-0.05, 0) is 56.2 Å². The average molecular weight is 414 g/mol. The van der Waals surface area contributed by atoms with E-state index in [9.17, 15) is 20.2 Å². The van der Waals surface area contributed by atoms with Gasteiger partial charge in [-0.15, -0.1) is 0 Å². The highest BCUT2D eigenvalue weighted by atomic mass is 16.6. The van der Waals surface area contributed by atoms with Crippen LogP contribution in [0, 0.1) is 35.3 Å². The van der Waals surface area contributed by atoms with Crippen LogP contribution in [0.2, 0.25) is 0 Å². The number of aromatic nitrogens is 1. The summed E-state index contributed by atoms with van der Waals surface area (Å²) in [7, 11) is 0. The average Bonchev–Trinajstić information content (AvgIpc) is 3.05. The van der Waals surface area contributed by atoms with Crippen LogP contribution in [0.5, 0.6) is 0 Å². The van der Waals surface area contributed by atoms with Crippen LogP contribution < -0.4 is 5.32 Å². The normalized spacial score (nSPS) is 12.1. The van der Waals surface area contributed by atoms with Crippen LogP contribution >= 0.6 is 0 Å². The Hall–Kier alpha value is -4.18. The Labute approximate surface area is 180 Å². The summed E-state index contributed by atoms with van der Waals surface area (Å²) < 4.78 is 1.93. The third-order valence-corrected chi connectivity index (χ3v) is 5.10. The Morgan fingerprint density at radius 2 is 1.81 bits per heavy atom. The first-order valence-corrected chi connectivity index (χ1v) is 9.73. The number of nitriles is 1. The molecule has 31 heavy (non-hydrogen) atoms. The fraction of sp³-hybridized carbons (Fsp3) is 0.167. The standard InChI is InChI=1S/C24H22N4O3/c1-16-13-20(18(3)27(16)22-9-11-23(12-10-22)28(30)31)14-21(15-25)24(29)26-17(2)19-7-5-4-6-8-19/h4-14,17H,1-3H3,(H,26,29)/b21-14+/t17-/m1/s1. The number of carbonyl (C=O) groups excluding carboxylic acids is 1. The van der Waals surface area contributed by atoms with Crippen molar-refractivity contribution >= 4 is 17.7 Å². The van der Waals surface area contributed by atoms with E-state index >= 15 is 0 Å². The number of nitro benzene ring substituents is 1. The first-order chi connectivity index (χ1) is 14.8. The van der Waals surface area contributed by atoms with Gasteiger partial charge in [0, 0.05) is 29.2 Å². The topological polar surface area (TPSA) is 101 Å². The van der Waals surface area contributed by atoms with Gasteiger partial charge in [0.15, 0.2) is 0 Å². The molecule has 7 heteroatoms. The maximum Gasteiger partial charge on any atom is 0.269 e. The summed E-state index contributed by atoms with van der Waals surface area (Å²) in [6.07, 6.45) is 1.57. The predicted octanol–water partition coefficient (Wildman–Crippen LogP) is 4.79. The minimum Gasteiger partial charge on any atom is -0.345 e. The summed E-state index contributed by atoms with van der Waals surface area (Å²) in [5, 5.41) is 23.3. The number of nitrogens with zero attached hydrogens (tertiary/aromatic N) is 3. The van der Waals surface area contributed by atoms with Gasteiger partial charge in [-0.3, -0.25) is 14.9 Å². The predicted molar refractivity (Wildman–Crippen MR) is 118 cm³/mol. The molecule has 3 aromatic rings. The smallest absolute Gasteiger partial charge is 0.269 e. The summed E-state index contributed by atoms with van der Waals surface area (Å²) in [5.74, 6) is -0.445. The summed E-state index contributed by atoms with van der Waals surface area (Å²) in [5.41, 5.74) is 4.17. The van der Waals surface area contributed by atoms with E-state index in [4.69, 9.17) is 0 Å². The first-order valence-electron chi connectivity index (χ1n) is 9.73. The van der Waals surface area contributed by atoms with Crippen LogP contribution in [0.4, 0.5) is 5.69 Å². The van der Waals surface area contributed by atoms with E-state index in [1.54, 1.807) is 18.2 Å². The summed E-state index contributed by atoms with van der Waals surface area (Å²) in [6.45, 7) is 5.64. The van der Waals surface area contributed by atoms with Crippen LogP contribution in [0.3, 0.4) is 0 Å². The van der Waals surface area contributed by atoms with Crippen molar-refractivity contribution in [2.45, 2.75) is 26.8 Å². The number of hydrogen-bond acceptors (Lipinski definition) is 4. The van der Waals surface area contributed by atoms with Gasteiger partial charge >= 0.3 is 0 Å². The third kappa shape index (κ3) is 4.70. The maximum absolute atomic E-state index is 12.7. The fourth-order valence-electron chi connectivity index (χ4n) is 3.46. The Morgan fingerprint density at radius 3 is 2.39 bits per heavy atom. The van der Waals surface area contributed by atoms with E-state index in [1.165, 1.54) is 12.1 Å². The maximum atomic E-state index is 12.7. The van der Waals surface area contributed by atoms with Crippen molar-refractivity contribution in [3.05, 3.63) is 98.9 Å². The lowest BCUT2D eigenvalue weighted by Gasteiger charge is -2.13. The van der Waals surface area contributed by atoms with Gasteiger partial charge in [0.05, 0.1) is 11.0 Å².